The van der Waals surface area contributed by atoms with Crippen LogP contribution in [0.5, 0.6) is 5.75 Å². The lowest BCUT2D eigenvalue weighted by molar-refractivity contribution is 0.260. The van der Waals surface area contributed by atoms with E-state index >= 15 is 0 Å². The van der Waals surface area contributed by atoms with Crippen molar-refractivity contribution in [2.45, 2.75) is 6.10 Å². The third kappa shape index (κ3) is 2.33. The third-order valence-corrected chi connectivity index (χ3v) is 3.09. The van der Waals surface area contributed by atoms with Crippen LogP contribution in [0.4, 0.5) is 0 Å². The fourth-order valence-corrected chi connectivity index (χ4v) is 2.05. The van der Waals surface area contributed by atoms with Crippen LogP contribution in [0.3, 0.4) is 0 Å². The first kappa shape index (κ1) is 11.8. The standard InChI is InChI=1S/C16H14O3/c1-18-14-7-3-11(4-8-14)15-9-5-12-2-6-13(17)10-16(12)19-15/h2-10,13,17H,1H3. The van der Waals surface area contributed by atoms with E-state index in [4.69, 9.17) is 9.47 Å². The Labute approximate surface area is 111 Å². The monoisotopic (exact) mass is 254 g/mol. The Morgan fingerprint density at radius 2 is 1.89 bits per heavy atom. The van der Waals surface area contributed by atoms with Crippen molar-refractivity contribution in [2.24, 2.45) is 0 Å². The summed E-state index contributed by atoms with van der Waals surface area (Å²) in [5.41, 5.74) is 1.95. The fraction of sp³-hybridized carbons (Fsp3) is 0.125. The highest BCUT2D eigenvalue weighted by Gasteiger charge is 2.17. The van der Waals surface area contributed by atoms with Crippen LogP contribution in [0.1, 0.15) is 5.56 Å². The summed E-state index contributed by atoms with van der Waals surface area (Å²) in [6.07, 6.45) is 8.62. The van der Waals surface area contributed by atoms with Crippen molar-refractivity contribution in [1.29, 1.82) is 0 Å². The summed E-state index contributed by atoms with van der Waals surface area (Å²) in [6, 6.07) is 7.67. The molecule has 1 N–H and O–H groups in total. The van der Waals surface area contributed by atoms with Crippen LogP contribution in [0, 0.1) is 0 Å². The van der Waals surface area contributed by atoms with Crippen molar-refractivity contribution >= 4 is 5.76 Å². The summed E-state index contributed by atoms with van der Waals surface area (Å²) in [4.78, 5) is 0. The van der Waals surface area contributed by atoms with Crippen molar-refractivity contribution in [3.8, 4) is 5.75 Å². The van der Waals surface area contributed by atoms with E-state index < -0.39 is 6.10 Å². The van der Waals surface area contributed by atoms with Gasteiger partial charge in [-0.1, -0.05) is 12.2 Å². The first-order valence-corrected chi connectivity index (χ1v) is 6.09. The van der Waals surface area contributed by atoms with E-state index in [2.05, 4.69) is 0 Å². The summed E-state index contributed by atoms with van der Waals surface area (Å²) < 4.78 is 11.0. The molecule has 96 valence electrons. The van der Waals surface area contributed by atoms with Gasteiger partial charge < -0.3 is 14.6 Å². The second kappa shape index (κ2) is 4.78. The van der Waals surface area contributed by atoms with Crippen LogP contribution >= 0.6 is 0 Å². The van der Waals surface area contributed by atoms with Crippen molar-refractivity contribution in [1.82, 2.24) is 0 Å². The normalized spacial score (nSPS) is 20.7. The molecule has 1 unspecified atom stereocenters. The van der Waals surface area contributed by atoms with E-state index in [0.29, 0.717) is 5.76 Å². The lowest BCUT2D eigenvalue weighted by Gasteiger charge is -2.21. The summed E-state index contributed by atoms with van der Waals surface area (Å²) >= 11 is 0. The Kier molecular flexibility index (Phi) is 2.97. The first-order chi connectivity index (χ1) is 9.26. The molecule has 0 aromatic heterocycles. The van der Waals surface area contributed by atoms with E-state index in [1.807, 2.05) is 42.5 Å². The largest absolute Gasteiger partial charge is 0.497 e. The van der Waals surface area contributed by atoms with E-state index in [1.54, 1.807) is 19.3 Å². The van der Waals surface area contributed by atoms with Crippen LogP contribution in [0.2, 0.25) is 0 Å². The molecule has 0 saturated heterocycles. The first-order valence-electron chi connectivity index (χ1n) is 6.09. The number of benzene rings is 1. The SMILES string of the molecule is COc1ccc(C2=CC=C3C=CC(O)C=C3O2)cc1. The lowest BCUT2D eigenvalue weighted by Crippen LogP contribution is -2.09. The van der Waals surface area contributed by atoms with Gasteiger partial charge in [0.05, 0.1) is 13.2 Å². The molecule has 1 atom stereocenters. The maximum atomic E-state index is 9.57. The Hall–Kier alpha value is -2.26. The van der Waals surface area contributed by atoms with Crippen molar-refractivity contribution in [2.75, 3.05) is 7.11 Å². The molecule has 0 bridgehead atoms. The number of rotatable bonds is 2. The molecule has 1 aliphatic heterocycles. The van der Waals surface area contributed by atoms with Crippen molar-refractivity contribution in [3.05, 3.63) is 71.5 Å². The van der Waals surface area contributed by atoms with Gasteiger partial charge in [0.25, 0.3) is 0 Å². The molecule has 1 aliphatic carbocycles. The molecule has 0 amide bonds. The highest BCUT2D eigenvalue weighted by atomic mass is 16.5. The van der Waals surface area contributed by atoms with Crippen LogP contribution < -0.4 is 4.74 Å². The zero-order valence-electron chi connectivity index (χ0n) is 10.5. The number of aliphatic hydroxyl groups excluding tert-OH is 1. The van der Waals surface area contributed by atoms with Gasteiger partial charge in [-0.25, -0.2) is 0 Å². The van der Waals surface area contributed by atoms with Gasteiger partial charge in [0.1, 0.15) is 17.3 Å². The average molecular weight is 254 g/mol. The molecule has 0 saturated carbocycles. The predicted molar refractivity (Wildman–Crippen MR) is 73.4 cm³/mol. The average Bonchev–Trinajstić information content (AvgIpc) is 2.46. The minimum absolute atomic E-state index is 0.581. The molecule has 3 heteroatoms. The van der Waals surface area contributed by atoms with Crippen molar-refractivity contribution < 1.29 is 14.6 Å². The van der Waals surface area contributed by atoms with Gasteiger partial charge >= 0.3 is 0 Å². The predicted octanol–water partition coefficient (Wildman–Crippen LogP) is 2.81. The van der Waals surface area contributed by atoms with Gasteiger partial charge in [0.15, 0.2) is 0 Å². The van der Waals surface area contributed by atoms with Gasteiger partial charge in [-0.2, -0.15) is 0 Å². The maximum absolute atomic E-state index is 9.57. The van der Waals surface area contributed by atoms with Crippen LogP contribution in [-0.4, -0.2) is 18.3 Å². The summed E-state index contributed by atoms with van der Waals surface area (Å²) in [6.45, 7) is 0. The molecule has 1 heterocycles. The smallest absolute Gasteiger partial charge is 0.134 e. The van der Waals surface area contributed by atoms with Crippen LogP contribution in [0.15, 0.2) is 66.0 Å². The molecule has 19 heavy (non-hydrogen) atoms. The quantitative estimate of drug-likeness (QED) is 0.882. The second-order valence-corrected chi connectivity index (χ2v) is 4.36. The molecule has 1 aromatic rings. The molecule has 3 nitrogen and oxygen atoms in total. The zero-order chi connectivity index (χ0) is 13.2. The molecule has 2 aliphatic rings. The van der Waals surface area contributed by atoms with Gasteiger partial charge in [0, 0.05) is 11.1 Å². The molecular weight excluding hydrogens is 240 g/mol. The van der Waals surface area contributed by atoms with Gasteiger partial charge in [-0.3, -0.25) is 0 Å². The van der Waals surface area contributed by atoms with E-state index in [0.717, 1.165) is 22.6 Å². The van der Waals surface area contributed by atoms with Gasteiger partial charge in [-0.05, 0) is 42.5 Å². The minimum Gasteiger partial charge on any atom is -0.497 e. The second-order valence-electron chi connectivity index (χ2n) is 4.36. The molecule has 1 aromatic carbocycles. The Morgan fingerprint density at radius 3 is 2.63 bits per heavy atom. The number of ether oxygens (including phenoxy) is 2. The summed E-state index contributed by atoms with van der Waals surface area (Å²) in [5, 5.41) is 9.57. The highest BCUT2D eigenvalue weighted by molar-refractivity contribution is 5.67. The van der Waals surface area contributed by atoms with Gasteiger partial charge in [0.2, 0.25) is 0 Å². The number of hydrogen-bond donors (Lipinski definition) is 1. The maximum Gasteiger partial charge on any atom is 0.134 e. The summed E-state index contributed by atoms with van der Waals surface area (Å²) in [5.74, 6) is 2.27. The van der Waals surface area contributed by atoms with Crippen LogP contribution in [-0.2, 0) is 4.74 Å². The molecule has 0 fully saturated rings. The third-order valence-electron chi connectivity index (χ3n) is 3.09. The van der Waals surface area contributed by atoms with E-state index in [-0.39, 0.29) is 0 Å². The van der Waals surface area contributed by atoms with Gasteiger partial charge in [-0.15, -0.1) is 0 Å². The topological polar surface area (TPSA) is 38.7 Å². The fourth-order valence-electron chi connectivity index (χ4n) is 2.05. The molecule has 0 spiro atoms. The van der Waals surface area contributed by atoms with Crippen molar-refractivity contribution in [3.63, 3.8) is 0 Å². The molecular formula is C16H14O3. The molecule has 3 rings (SSSR count). The lowest BCUT2D eigenvalue weighted by atomic mass is 10.0. The Morgan fingerprint density at radius 1 is 1.11 bits per heavy atom. The van der Waals surface area contributed by atoms with Crippen LogP contribution in [0.25, 0.3) is 5.76 Å². The highest BCUT2D eigenvalue weighted by Crippen LogP contribution is 2.31. The number of methoxy groups -OCH3 is 1. The Balaban J connectivity index is 1.90. The number of hydrogen-bond acceptors (Lipinski definition) is 3. The van der Waals surface area contributed by atoms with E-state index in [1.165, 1.54) is 0 Å². The van der Waals surface area contributed by atoms with E-state index in [9.17, 15) is 5.11 Å². The Bertz CT molecular complexity index is 603. The number of allylic oxidation sites excluding steroid dienone is 3. The number of aliphatic hydroxyl groups is 1. The number of fused-ring (bicyclic) bond motifs is 1. The minimum atomic E-state index is -0.581. The molecule has 0 radical (unpaired) electrons. The zero-order valence-corrected chi connectivity index (χ0v) is 10.5. The summed E-state index contributed by atoms with van der Waals surface area (Å²) in [7, 11) is 1.64.